The van der Waals surface area contributed by atoms with Gasteiger partial charge in [0.05, 0.1) is 32.0 Å². The number of benzene rings is 1. The first kappa shape index (κ1) is 16.5. The van der Waals surface area contributed by atoms with Crippen LogP contribution in [0.1, 0.15) is 12.5 Å². The molecule has 0 aliphatic heterocycles. The molecule has 2 atom stereocenters. The van der Waals surface area contributed by atoms with Crippen molar-refractivity contribution in [3.05, 3.63) is 29.8 Å². The van der Waals surface area contributed by atoms with E-state index >= 15 is 0 Å². The van der Waals surface area contributed by atoms with E-state index in [4.69, 9.17) is 14.6 Å². The Morgan fingerprint density at radius 2 is 2.11 bits per heavy atom. The van der Waals surface area contributed by atoms with Gasteiger partial charge >= 0.3 is 0 Å². The Labute approximate surface area is 118 Å². The minimum Gasteiger partial charge on any atom is -0.392 e. The Morgan fingerprint density at radius 1 is 1.32 bits per heavy atom. The van der Waals surface area contributed by atoms with Gasteiger partial charge < -0.3 is 19.7 Å². The summed E-state index contributed by atoms with van der Waals surface area (Å²) < 4.78 is 10.4. The molecule has 0 spiro atoms. The molecule has 2 N–H and O–H groups in total. The van der Waals surface area contributed by atoms with Crippen molar-refractivity contribution in [3.63, 3.8) is 0 Å². The molecule has 0 amide bonds. The van der Waals surface area contributed by atoms with E-state index in [1.807, 2.05) is 31.2 Å². The molecule has 0 radical (unpaired) electrons. The number of ether oxygens (including phenoxy) is 2. The lowest BCUT2D eigenvalue weighted by atomic mass is 10.2. The van der Waals surface area contributed by atoms with Gasteiger partial charge in [0, 0.05) is 17.8 Å². The van der Waals surface area contributed by atoms with Crippen LogP contribution in [-0.4, -0.2) is 48.5 Å². The van der Waals surface area contributed by atoms with Gasteiger partial charge in [-0.05, 0) is 24.6 Å². The van der Waals surface area contributed by atoms with Crippen LogP contribution in [0.15, 0.2) is 29.2 Å². The number of thioether (sulfide) groups is 1. The molecule has 0 saturated carbocycles. The van der Waals surface area contributed by atoms with E-state index in [0.717, 1.165) is 10.5 Å². The summed E-state index contributed by atoms with van der Waals surface area (Å²) >= 11 is 1.55. The topological polar surface area (TPSA) is 58.9 Å². The van der Waals surface area contributed by atoms with Gasteiger partial charge in [0.2, 0.25) is 0 Å². The summed E-state index contributed by atoms with van der Waals surface area (Å²) in [6.07, 6.45) is -0.524. The number of hydrogen-bond acceptors (Lipinski definition) is 5. The van der Waals surface area contributed by atoms with E-state index < -0.39 is 6.10 Å². The van der Waals surface area contributed by atoms with Gasteiger partial charge in [-0.3, -0.25) is 0 Å². The van der Waals surface area contributed by atoms with Gasteiger partial charge in [0.15, 0.2) is 0 Å². The van der Waals surface area contributed by atoms with Crippen molar-refractivity contribution < 1.29 is 19.7 Å². The molecule has 0 saturated heterocycles. The van der Waals surface area contributed by atoms with Crippen molar-refractivity contribution >= 4 is 11.8 Å². The van der Waals surface area contributed by atoms with Crippen LogP contribution in [0.3, 0.4) is 0 Å². The molecule has 2 unspecified atom stereocenters. The Morgan fingerprint density at radius 3 is 2.79 bits per heavy atom. The lowest BCUT2D eigenvalue weighted by molar-refractivity contribution is -0.0257. The molecular formula is C14H22O4S. The molecular weight excluding hydrogens is 264 g/mol. The first-order valence-corrected chi connectivity index (χ1v) is 7.25. The van der Waals surface area contributed by atoms with Crippen molar-refractivity contribution in [1.29, 1.82) is 0 Å². The summed E-state index contributed by atoms with van der Waals surface area (Å²) in [5.74, 6) is 0.564. The molecule has 0 fully saturated rings. The normalized spacial score (nSPS) is 14.3. The number of hydrogen-bond donors (Lipinski definition) is 2. The molecule has 0 aliphatic rings. The first-order valence-electron chi connectivity index (χ1n) is 6.27. The van der Waals surface area contributed by atoms with E-state index in [1.165, 1.54) is 0 Å². The highest BCUT2D eigenvalue weighted by atomic mass is 32.2. The number of methoxy groups -OCH3 is 1. The van der Waals surface area contributed by atoms with Gasteiger partial charge in [0.25, 0.3) is 0 Å². The molecule has 4 nitrogen and oxygen atoms in total. The standard InChI is InChI=1S/C14H22O4S/c1-11(8-17-2)18-9-13(16)10-19-14-5-3-4-12(6-14)7-15/h3-6,11,13,15-16H,7-10H2,1-2H3. The van der Waals surface area contributed by atoms with E-state index in [1.54, 1.807) is 18.9 Å². The summed E-state index contributed by atoms with van der Waals surface area (Å²) in [6, 6.07) is 7.66. The van der Waals surface area contributed by atoms with Gasteiger partial charge in [0.1, 0.15) is 0 Å². The minimum atomic E-state index is -0.512. The van der Waals surface area contributed by atoms with Crippen LogP contribution in [0.25, 0.3) is 0 Å². The summed E-state index contributed by atoms with van der Waals surface area (Å²) in [5, 5.41) is 18.9. The van der Waals surface area contributed by atoms with Crippen molar-refractivity contribution in [2.24, 2.45) is 0 Å². The smallest absolute Gasteiger partial charge is 0.0867 e. The van der Waals surface area contributed by atoms with Crippen LogP contribution in [-0.2, 0) is 16.1 Å². The van der Waals surface area contributed by atoms with Crippen LogP contribution in [0.2, 0.25) is 0 Å². The maximum Gasteiger partial charge on any atom is 0.0867 e. The zero-order chi connectivity index (χ0) is 14.1. The lowest BCUT2D eigenvalue weighted by Crippen LogP contribution is -2.24. The lowest BCUT2D eigenvalue weighted by Gasteiger charge is -2.15. The quantitative estimate of drug-likeness (QED) is 0.676. The Balaban J connectivity index is 2.27. The summed E-state index contributed by atoms with van der Waals surface area (Å²) in [5.41, 5.74) is 0.879. The first-order chi connectivity index (χ1) is 9.15. The largest absolute Gasteiger partial charge is 0.392 e. The second-order valence-electron chi connectivity index (χ2n) is 4.37. The molecule has 1 rings (SSSR count). The molecule has 19 heavy (non-hydrogen) atoms. The van der Waals surface area contributed by atoms with Gasteiger partial charge in [-0.2, -0.15) is 0 Å². The van der Waals surface area contributed by atoms with Crippen LogP contribution in [0.5, 0.6) is 0 Å². The average molecular weight is 286 g/mol. The molecule has 0 aliphatic carbocycles. The van der Waals surface area contributed by atoms with Crippen LogP contribution >= 0.6 is 11.8 Å². The van der Waals surface area contributed by atoms with Crippen molar-refractivity contribution in [2.45, 2.75) is 30.6 Å². The highest BCUT2D eigenvalue weighted by molar-refractivity contribution is 7.99. The molecule has 0 bridgehead atoms. The summed E-state index contributed by atoms with van der Waals surface area (Å²) in [4.78, 5) is 1.04. The van der Waals surface area contributed by atoms with Gasteiger partial charge in [-0.25, -0.2) is 0 Å². The molecule has 1 aromatic carbocycles. The number of aliphatic hydroxyl groups excluding tert-OH is 2. The molecule has 0 aromatic heterocycles. The molecule has 5 heteroatoms. The third-order valence-corrected chi connectivity index (χ3v) is 3.64. The van der Waals surface area contributed by atoms with Crippen molar-refractivity contribution in [2.75, 3.05) is 26.1 Å². The van der Waals surface area contributed by atoms with Gasteiger partial charge in [-0.15, -0.1) is 11.8 Å². The second-order valence-corrected chi connectivity index (χ2v) is 5.46. The summed E-state index contributed by atoms with van der Waals surface area (Å²) in [6.45, 7) is 2.78. The zero-order valence-corrected chi connectivity index (χ0v) is 12.2. The monoisotopic (exact) mass is 286 g/mol. The van der Waals surface area contributed by atoms with E-state index in [-0.39, 0.29) is 12.7 Å². The maximum absolute atomic E-state index is 9.82. The van der Waals surface area contributed by atoms with Crippen LogP contribution in [0, 0.1) is 0 Å². The number of rotatable bonds is 9. The fraction of sp³-hybridized carbons (Fsp3) is 0.571. The van der Waals surface area contributed by atoms with Crippen LogP contribution < -0.4 is 0 Å². The van der Waals surface area contributed by atoms with Crippen molar-refractivity contribution in [3.8, 4) is 0 Å². The van der Waals surface area contributed by atoms with E-state index in [2.05, 4.69) is 0 Å². The molecule has 0 heterocycles. The highest BCUT2D eigenvalue weighted by Gasteiger charge is 2.09. The van der Waals surface area contributed by atoms with Crippen molar-refractivity contribution in [1.82, 2.24) is 0 Å². The fourth-order valence-corrected chi connectivity index (χ4v) is 2.42. The second kappa shape index (κ2) is 9.34. The predicted octanol–water partition coefficient (Wildman–Crippen LogP) is 1.68. The Kier molecular flexibility index (Phi) is 8.09. The Bertz CT molecular complexity index is 359. The molecule has 108 valence electrons. The average Bonchev–Trinajstić information content (AvgIpc) is 2.43. The maximum atomic E-state index is 9.82. The third-order valence-electron chi connectivity index (χ3n) is 2.50. The molecule has 1 aromatic rings. The Hall–Kier alpha value is -0.590. The van der Waals surface area contributed by atoms with Crippen LogP contribution in [0.4, 0.5) is 0 Å². The zero-order valence-electron chi connectivity index (χ0n) is 11.4. The number of aliphatic hydroxyl groups is 2. The SMILES string of the molecule is COCC(C)OCC(O)CSc1cccc(CO)c1. The minimum absolute atomic E-state index is 0.0117. The fourth-order valence-electron chi connectivity index (χ4n) is 1.53. The van der Waals surface area contributed by atoms with E-state index in [9.17, 15) is 5.11 Å². The predicted molar refractivity (Wildman–Crippen MR) is 76.4 cm³/mol. The summed E-state index contributed by atoms with van der Waals surface area (Å²) in [7, 11) is 1.63. The highest BCUT2D eigenvalue weighted by Crippen LogP contribution is 2.20. The van der Waals surface area contributed by atoms with Gasteiger partial charge in [-0.1, -0.05) is 12.1 Å². The third kappa shape index (κ3) is 6.94. The van der Waals surface area contributed by atoms with E-state index in [0.29, 0.717) is 19.0 Å².